The van der Waals surface area contributed by atoms with Crippen LogP contribution in [0, 0.1) is 10.1 Å². The Hall–Kier alpha value is -3.22. The van der Waals surface area contributed by atoms with E-state index in [1.54, 1.807) is 6.07 Å². The lowest BCUT2D eigenvalue weighted by molar-refractivity contribution is -0.385. The second kappa shape index (κ2) is 7.89. The lowest BCUT2D eigenvalue weighted by atomic mass is 9.81. The Balaban J connectivity index is 1.89. The van der Waals surface area contributed by atoms with E-state index in [-0.39, 0.29) is 40.2 Å². The molecule has 2 aromatic rings. The number of nitrogens with one attached hydrogen (secondary N) is 2. The zero-order chi connectivity index (χ0) is 21.4. The smallest absolute Gasteiger partial charge is 0.281 e. The number of anilines is 2. The number of nitrogens with zero attached hydrogens (tertiary/aromatic N) is 1. The normalized spacial score (nSPS) is 16.2. The maximum Gasteiger partial charge on any atom is 0.281 e. The molecule has 0 unspecified atom stereocenters. The largest absolute Gasteiger partial charge is 0.382 e. The van der Waals surface area contributed by atoms with Gasteiger partial charge >= 0.3 is 0 Å². The molecule has 0 saturated heterocycles. The van der Waals surface area contributed by atoms with Crippen LogP contribution < -0.4 is 10.6 Å². The Bertz CT molecular complexity index is 1040. The molecule has 2 aliphatic carbocycles. The van der Waals surface area contributed by atoms with Crippen molar-refractivity contribution in [1.82, 2.24) is 0 Å². The number of ketones is 2. The minimum Gasteiger partial charge on any atom is -0.382 e. The maximum atomic E-state index is 13.5. The fraction of sp³-hybridized carbons (Fsp3) is 0.391. The van der Waals surface area contributed by atoms with Crippen LogP contribution in [0.3, 0.4) is 0 Å². The van der Waals surface area contributed by atoms with Gasteiger partial charge in [-0.3, -0.25) is 19.7 Å². The number of rotatable bonds is 5. The predicted octanol–water partition coefficient (Wildman–Crippen LogP) is 4.94. The number of carbonyl (C=O) groups excluding carboxylic acids is 2. The lowest BCUT2D eigenvalue weighted by Crippen LogP contribution is -2.28. The molecule has 30 heavy (non-hydrogen) atoms. The summed E-state index contributed by atoms with van der Waals surface area (Å²) in [6.45, 7) is 3.87. The summed E-state index contributed by atoms with van der Waals surface area (Å²) >= 11 is 0. The van der Waals surface area contributed by atoms with E-state index in [0.717, 1.165) is 25.7 Å². The van der Waals surface area contributed by atoms with Gasteiger partial charge in [-0.1, -0.05) is 25.3 Å². The number of nitro groups is 1. The van der Waals surface area contributed by atoms with Crippen LogP contribution in [0.2, 0.25) is 0 Å². The van der Waals surface area contributed by atoms with Crippen LogP contribution in [0.5, 0.6) is 0 Å². The highest BCUT2D eigenvalue weighted by molar-refractivity contribution is 6.33. The number of carbonyl (C=O) groups is 2. The molecule has 2 aromatic carbocycles. The van der Waals surface area contributed by atoms with Crippen molar-refractivity contribution in [2.75, 3.05) is 10.6 Å². The van der Waals surface area contributed by atoms with Crippen LogP contribution in [0.1, 0.15) is 77.8 Å². The van der Waals surface area contributed by atoms with E-state index in [4.69, 9.17) is 0 Å². The molecule has 0 heterocycles. The summed E-state index contributed by atoms with van der Waals surface area (Å²) in [6, 6.07) is 8.13. The fourth-order valence-electron chi connectivity index (χ4n) is 4.47. The molecular weight excluding hydrogens is 382 g/mol. The minimum absolute atomic E-state index is 0.0290. The molecule has 7 heteroatoms. The summed E-state index contributed by atoms with van der Waals surface area (Å²) < 4.78 is 0. The quantitative estimate of drug-likeness (QED) is 0.459. The first kappa shape index (κ1) is 20.1. The van der Waals surface area contributed by atoms with E-state index in [2.05, 4.69) is 10.6 Å². The van der Waals surface area contributed by atoms with E-state index in [1.165, 1.54) is 24.6 Å². The van der Waals surface area contributed by atoms with Gasteiger partial charge in [-0.2, -0.15) is 0 Å². The average molecular weight is 407 g/mol. The second-order valence-corrected chi connectivity index (χ2v) is 8.30. The zero-order valence-corrected chi connectivity index (χ0v) is 17.2. The Morgan fingerprint density at radius 3 is 2.27 bits per heavy atom. The van der Waals surface area contributed by atoms with Gasteiger partial charge in [0, 0.05) is 35.1 Å². The van der Waals surface area contributed by atoms with Crippen molar-refractivity contribution >= 4 is 28.6 Å². The van der Waals surface area contributed by atoms with Crippen LogP contribution in [0.15, 0.2) is 30.3 Å². The number of benzene rings is 2. The van der Waals surface area contributed by atoms with Crippen LogP contribution in [0.25, 0.3) is 0 Å². The van der Waals surface area contributed by atoms with Crippen molar-refractivity contribution in [3.8, 4) is 0 Å². The first-order valence-electron chi connectivity index (χ1n) is 10.5. The zero-order valence-electron chi connectivity index (χ0n) is 17.2. The first-order valence-corrected chi connectivity index (χ1v) is 10.5. The molecule has 156 valence electrons. The van der Waals surface area contributed by atoms with Crippen molar-refractivity contribution in [1.29, 1.82) is 0 Å². The molecule has 0 amide bonds. The van der Waals surface area contributed by atoms with Gasteiger partial charge in [0.15, 0.2) is 5.78 Å². The van der Waals surface area contributed by atoms with Gasteiger partial charge in [0.1, 0.15) is 5.56 Å². The maximum absolute atomic E-state index is 13.5. The Kier molecular flexibility index (Phi) is 5.28. The van der Waals surface area contributed by atoms with Crippen molar-refractivity contribution in [3.63, 3.8) is 0 Å². The Labute approximate surface area is 175 Å². The monoisotopic (exact) mass is 407 g/mol. The molecule has 1 saturated carbocycles. The molecule has 0 aromatic heterocycles. The van der Waals surface area contributed by atoms with Gasteiger partial charge in [0.25, 0.3) is 5.69 Å². The third kappa shape index (κ3) is 3.44. The number of nitro benzene ring substituents is 1. The van der Waals surface area contributed by atoms with E-state index < -0.39 is 10.7 Å². The molecule has 0 atom stereocenters. The molecule has 7 nitrogen and oxygen atoms in total. The molecule has 2 N–H and O–H groups in total. The fourth-order valence-corrected chi connectivity index (χ4v) is 4.47. The van der Waals surface area contributed by atoms with E-state index in [9.17, 15) is 19.7 Å². The standard InChI is InChI=1S/C23H25N3O4/c1-13(2)24-16-11-12-17(25-14-7-4-3-5-8-14)20-21(16)23(28)19-15(22(20)27)9-6-10-18(19)26(29)30/h6,9-14,24-25H,3-5,7-8H2,1-2H3. The molecule has 0 bridgehead atoms. The Morgan fingerprint density at radius 1 is 0.933 bits per heavy atom. The van der Waals surface area contributed by atoms with Gasteiger partial charge in [-0.15, -0.1) is 0 Å². The van der Waals surface area contributed by atoms with E-state index in [0.29, 0.717) is 16.9 Å². The molecule has 0 spiro atoms. The van der Waals surface area contributed by atoms with E-state index in [1.807, 2.05) is 19.9 Å². The number of hydrogen-bond donors (Lipinski definition) is 2. The molecule has 2 aliphatic rings. The van der Waals surface area contributed by atoms with Gasteiger partial charge in [0.2, 0.25) is 5.78 Å². The SMILES string of the molecule is CC(C)Nc1ccc(NC2CCCCC2)c2c1C(=O)c1c(cccc1[N+](=O)[O-])C2=O. The van der Waals surface area contributed by atoms with Gasteiger partial charge in [-0.05, 0) is 44.9 Å². The molecule has 4 rings (SSSR count). The van der Waals surface area contributed by atoms with E-state index >= 15 is 0 Å². The molecule has 1 fully saturated rings. The summed E-state index contributed by atoms with van der Waals surface area (Å²) in [5.41, 5.74) is 1.31. The summed E-state index contributed by atoms with van der Waals surface area (Å²) in [7, 11) is 0. The van der Waals surface area contributed by atoms with Gasteiger partial charge < -0.3 is 10.6 Å². The first-order chi connectivity index (χ1) is 14.4. The highest BCUT2D eigenvalue weighted by Gasteiger charge is 2.39. The highest BCUT2D eigenvalue weighted by Crippen LogP contribution is 2.40. The summed E-state index contributed by atoms with van der Waals surface area (Å²) in [5, 5.41) is 18.2. The molecule has 0 aliphatic heterocycles. The van der Waals surface area contributed by atoms with Gasteiger partial charge in [-0.25, -0.2) is 0 Å². The van der Waals surface area contributed by atoms with Crippen molar-refractivity contribution in [2.45, 2.75) is 58.0 Å². The van der Waals surface area contributed by atoms with Gasteiger partial charge in [0.05, 0.1) is 16.1 Å². The summed E-state index contributed by atoms with van der Waals surface area (Å²) in [4.78, 5) is 37.9. The Morgan fingerprint density at radius 2 is 1.60 bits per heavy atom. The van der Waals surface area contributed by atoms with Crippen molar-refractivity contribution in [2.24, 2.45) is 0 Å². The number of hydrogen-bond acceptors (Lipinski definition) is 6. The molecular formula is C23H25N3O4. The second-order valence-electron chi connectivity index (χ2n) is 8.30. The summed E-state index contributed by atoms with van der Waals surface area (Å²) in [6.07, 6.45) is 5.52. The van der Waals surface area contributed by atoms with Crippen molar-refractivity contribution < 1.29 is 14.5 Å². The highest BCUT2D eigenvalue weighted by atomic mass is 16.6. The average Bonchev–Trinajstić information content (AvgIpc) is 2.72. The third-order valence-corrected chi connectivity index (χ3v) is 5.78. The summed E-state index contributed by atoms with van der Waals surface area (Å²) in [5.74, 6) is -0.837. The minimum atomic E-state index is -0.602. The van der Waals surface area contributed by atoms with Crippen LogP contribution in [-0.4, -0.2) is 28.6 Å². The lowest BCUT2D eigenvalue weighted by Gasteiger charge is -2.28. The van der Waals surface area contributed by atoms with Crippen LogP contribution in [-0.2, 0) is 0 Å². The van der Waals surface area contributed by atoms with Crippen molar-refractivity contribution in [3.05, 3.63) is 62.7 Å². The molecule has 0 radical (unpaired) electrons. The third-order valence-electron chi connectivity index (χ3n) is 5.78. The number of fused-ring (bicyclic) bond motifs is 2. The predicted molar refractivity (Wildman–Crippen MR) is 116 cm³/mol. The topological polar surface area (TPSA) is 101 Å². The van der Waals surface area contributed by atoms with Crippen LogP contribution >= 0.6 is 0 Å². The van der Waals surface area contributed by atoms with Crippen LogP contribution in [0.4, 0.5) is 17.1 Å².